The Morgan fingerprint density at radius 1 is 1.30 bits per heavy atom. The molecule has 1 aromatic rings. The Labute approximate surface area is 118 Å². The molecule has 0 aliphatic carbocycles. The highest BCUT2D eigenvalue weighted by Gasteiger charge is 2.28. The van der Waals surface area contributed by atoms with Crippen LogP contribution in [0.1, 0.15) is 44.8 Å². The molecule has 0 aromatic carbocycles. The fraction of sp³-hybridized carbons (Fsp3) is 0.769. The molecule has 7 nitrogen and oxygen atoms in total. The van der Waals surface area contributed by atoms with Crippen LogP contribution < -0.4 is 5.32 Å². The van der Waals surface area contributed by atoms with Crippen LogP contribution in [0, 0.1) is 0 Å². The molecule has 1 rings (SSSR count). The summed E-state index contributed by atoms with van der Waals surface area (Å²) in [5.74, 6) is 0.820. The van der Waals surface area contributed by atoms with Gasteiger partial charge in [0.15, 0.2) is 5.82 Å². The van der Waals surface area contributed by atoms with E-state index in [9.17, 15) is 15.0 Å². The number of carbonyl (C=O) groups excluding carboxylic acids is 1. The predicted molar refractivity (Wildman–Crippen MR) is 72.0 cm³/mol. The second-order valence-corrected chi connectivity index (χ2v) is 4.85. The molecule has 0 aliphatic rings. The van der Waals surface area contributed by atoms with Crippen LogP contribution in [0.25, 0.3) is 0 Å². The smallest absolute Gasteiger partial charge is 0.227 e. The molecule has 3 N–H and O–H groups in total. The van der Waals surface area contributed by atoms with Gasteiger partial charge in [-0.3, -0.25) is 4.79 Å². The third kappa shape index (κ3) is 4.57. The molecule has 114 valence electrons. The zero-order valence-electron chi connectivity index (χ0n) is 12.1. The van der Waals surface area contributed by atoms with Crippen LogP contribution in [0.5, 0.6) is 0 Å². The largest absolute Gasteiger partial charge is 0.394 e. The van der Waals surface area contributed by atoms with Gasteiger partial charge in [0.05, 0.1) is 18.8 Å². The zero-order chi connectivity index (χ0) is 15.0. The molecule has 0 saturated carbocycles. The van der Waals surface area contributed by atoms with Crippen molar-refractivity contribution in [2.24, 2.45) is 0 Å². The molecule has 0 saturated heterocycles. The molecule has 1 heterocycles. The Morgan fingerprint density at radius 2 is 2.00 bits per heavy atom. The summed E-state index contributed by atoms with van der Waals surface area (Å²) in [7, 11) is 0. The third-order valence-corrected chi connectivity index (χ3v) is 3.24. The minimum absolute atomic E-state index is 0.176. The van der Waals surface area contributed by atoms with Gasteiger partial charge in [-0.25, -0.2) is 0 Å². The van der Waals surface area contributed by atoms with E-state index in [1.54, 1.807) is 6.92 Å². The maximum atomic E-state index is 11.8. The second-order valence-electron chi connectivity index (χ2n) is 4.85. The van der Waals surface area contributed by atoms with Crippen LogP contribution >= 0.6 is 0 Å². The summed E-state index contributed by atoms with van der Waals surface area (Å²) < 4.78 is 5.04. The number of rotatable bonds is 9. The summed E-state index contributed by atoms with van der Waals surface area (Å²) in [5, 5.41) is 25.0. The minimum atomic E-state index is -0.959. The number of nitrogens with zero attached hydrogens (tertiary/aromatic N) is 2. The van der Waals surface area contributed by atoms with Gasteiger partial charge in [0.25, 0.3) is 0 Å². The Kier molecular flexibility index (Phi) is 6.60. The van der Waals surface area contributed by atoms with Crippen LogP contribution in [-0.2, 0) is 17.6 Å². The first-order valence-electron chi connectivity index (χ1n) is 6.93. The lowest BCUT2D eigenvalue weighted by atomic mass is 9.98. The Morgan fingerprint density at radius 3 is 2.55 bits per heavy atom. The zero-order valence-corrected chi connectivity index (χ0v) is 12.1. The summed E-state index contributed by atoms with van der Waals surface area (Å²) in [5.41, 5.74) is -0.959. The molecule has 20 heavy (non-hydrogen) atoms. The number of amides is 1. The fourth-order valence-electron chi connectivity index (χ4n) is 1.74. The van der Waals surface area contributed by atoms with Gasteiger partial charge < -0.3 is 20.1 Å². The van der Waals surface area contributed by atoms with Crippen molar-refractivity contribution in [2.75, 3.05) is 13.2 Å². The molecule has 1 aromatic heterocycles. The molecular weight excluding hydrogens is 262 g/mol. The number of aliphatic hydroxyl groups excluding tert-OH is 2. The average molecular weight is 285 g/mol. The number of nitrogens with one attached hydrogen (secondary N) is 1. The van der Waals surface area contributed by atoms with Gasteiger partial charge in [0.2, 0.25) is 11.8 Å². The first kappa shape index (κ1) is 16.6. The van der Waals surface area contributed by atoms with Crippen LogP contribution in [0.3, 0.4) is 0 Å². The maximum Gasteiger partial charge on any atom is 0.227 e. The third-order valence-electron chi connectivity index (χ3n) is 3.24. The van der Waals surface area contributed by atoms with E-state index in [0.29, 0.717) is 24.6 Å². The number of aliphatic hydroxyl groups is 2. The number of hydrogen-bond donors (Lipinski definition) is 3. The Balaban J connectivity index is 2.46. The van der Waals surface area contributed by atoms with E-state index in [4.69, 9.17) is 4.52 Å². The van der Waals surface area contributed by atoms with Crippen molar-refractivity contribution in [2.45, 2.75) is 51.5 Å². The molecule has 0 fully saturated rings. The van der Waals surface area contributed by atoms with Gasteiger partial charge in [-0.2, -0.15) is 4.98 Å². The minimum Gasteiger partial charge on any atom is -0.394 e. The van der Waals surface area contributed by atoms with E-state index < -0.39 is 5.54 Å². The summed E-state index contributed by atoms with van der Waals surface area (Å²) in [6.45, 7) is 3.22. The molecule has 0 radical (unpaired) electrons. The first-order valence-corrected chi connectivity index (χ1v) is 6.93. The van der Waals surface area contributed by atoms with Crippen LogP contribution in [0.4, 0.5) is 0 Å². The van der Waals surface area contributed by atoms with Crippen molar-refractivity contribution >= 4 is 5.91 Å². The van der Waals surface area contributed by atoms with Crippen molar-refractivity contribution in [3.8, 4) is 0 Å². The molecule has 0 bridgehead atoms. The van der Waals surface area contributed by atoms with Gasteiger partial charge in [-0.15, -0.1) is 0 Å². The molecule has 1 amide bonds. The van der Waals surface area contributed by atoms with Gasteiger partial charge in [0.1, 0.15) is 0 Å². The lowest BCUT2D eigenvalue weighted by molar-refractivity contribution is -0.124. The fourth-order valence-corrected chi connectivity index (χ4v) is 1.74. The van der Waals surface area contributed by atoms with Gasteiger partial charge >= 0.3 is 0 Å². The van der Waals surface area contributed by atoms with Crippen molar-refractivity contribution in [1.82, 2.24) is 15.5 Å². The molecular formula is C13H23N3O4. The van der Waals surface area contributed by atoms with E-state index in [1.807, 2.05) is 6.92 Å². The van der Waals surface area contributed by atoms with E-state index in [0.717, 1.165) is 12.8 Å². The highest BCUT2D eigenvalue weighted by molar-refractivity contribution is 5.77. The van der Waals surface area contributed by atoms with Gasteiger partial charge in [0, 0.05) is 19.3 Å². The van der Waals surface area contributed by atoms with Crippen molar-refractivity contribution in [3.63, 3.8) is 0 Å². The van der Waals surface area contributed by atoms with Crippen LogP contribution in [0.15, 0.2) is 4.52 Å². The number of aryl methyl sites for hydroxylation is 2. The summed E-state index contributed by atoms with van der Waals surface area (Å²) in [6.07, 6.45) is 2.66. The maximum absolute atomic E-state index is 11.8. The van der Waals surface area contributed by atoms with Gasteiger partial charge in [-0.1, -0.05) is 19.0 Å². The van der Waals surface area contributed by atoms with Crippen LogP contribution in [-0.4, -0.2) is 45.0 Å². The highest BCUT2D eigenvalue weighted by atomic mass is 16.5. The number of hydrogen-bond acceptors (Lipinski definition) is 6. The normalized spacial score (nSPS) is 11.6. The lowest BCUT2D eigenvalue weighted by Gasteiger charge is -2.29. The summed E-state index contributed by atoms with van der Waals surface area (Å²) in [4.78, 5) is 16.0. The lowest BCUT2D eigenvalue weighted by Crippen LogP contribution is -2.53. The SMILES string of the molecule is CCCc1noc(CCC(=O)NC(CC)(CO)CO)n1. The predicted octanol–water partition coefficient (Wildman–Crippen LogP) is 0.204. The molecule has 7 heteroatoms. The van der Waals surface area contributed by atoms with E-state index in [-0.39, 0.29) is 25.5 Å². The molecule has 0 atom stereocenters. The topological polar surface area (TPSA) is 108 Å². The van der Waals surface area contributed by atoms with E-state index >= 15 is 0 Å². The van der Waals surface area contributed by atoms with Crippen LogP contribution in [0.2, 0.25) is 0 Å². The number of carbonyl (C=O) groups is 1. The average Bonchev–Trinajstić information content (AvgIpc) is 2.91. The highest BCUT2D eigenvalue weighted by Crippen LogP contribution is 2.09. The summed E-state index contributed by atoms with van der Waals surface area (Å²) in [6, 6.07) is 0. The van der Waals surface area contributed by atoms with E-state index in [1.165, 1.54) is 0 Å². The molecule has 0 unspecified atom stereocenters. The molecule has 0 spiro atoms. The molecule has 0 aliphatic heterocycles. The van der Waals surface area contributed by atoms with Gasteiger partial charge in [-0.05, 0) is 12.8 Å². The second kappa shape index (κ2) is 7.96. The Hall–Kier alpha value is -1.47. The standard InChI is InChI=1S/C13H23N3O4/c1-3-5-10-14-12(20-16-10)7-6-11(19)15-13(4-2,8-17)9-18/h17-18H,3-9H2,1-2H3,(H,15,19). The summed E-state index contributed by atoms with van der Waals surface area (Å²) >= 11 is 0. The van der Waals surface area contributed by atoms with Crippen molar-refractivity contribution < 1.29 is 19.5 Å². The monoisotopic (exact) mass is 285 g/mol. The Bertz CT molecular complexity index is 407. The van der Waals surface area contributed by atoms with E-state index in [2.05, 4.69) is 15.5 Å². The number of aromatic nitrogens is 2. The quantitative estimate of drug-likeness (QED) is 0.598. The first-order chi connectivity index (χ1) is 9.59. The van der Waals surface area contributed by atoms with Crippen molar-refractivity contribution in [3.05, 3.63) is 11.7 Å². The van der Waals surface area contributed by atoms with Crippen molar-refractivity contribution in [1.29, 1.82) is 0 Å².